The van der Waals surface area contributed by atoms with Gasteiger partial charge in [0.15, 0.2) is 11.6 Å². The van der Waals surface area contributed by atoms with Gasteiger partial charge in [-0.25, -0.2) is 4.79 Å². The van der Waals surface area contributed by atoms with Crippen LogP contribution in [0.5, 0.6) is 0 Å². The Balaban J connectivity index is 0.933. The Morgan fingerprint density at radius 3 is 1.49 bits per heavy atom. The van der Waals surface area contributed by atoms with Gasteiger partial charge in [-0.05, 0) is 143 Å². The quantitative estimate of drug-likeness (QED) is 0.0101. The number of ketones is 2. The Bertz CT molecular complexity index is 3560. The maximum absolute atomic E-state index is 14.7. The number of unbranched alkanes of at least 4 members (excludes halogenated alkanes) is 3. The van der Waals surface area contributed by atoms with E-state index in [0.717, 1.165) is 11.1 Å². The molecule has 0 aliphatic heterocycles. The second kappa shape index (κ2) is 42.1. The van der Waals surface area contributed by atoms with E-state index in [9.17, 15) is 48.3 Å². The minimum absolute atomic E-state index is 0.0520. The fourth-order valence-corrected chi connectivity index (χ4v) is 10.6. The highest BCUT2D eigenvalue weighted by Gasteiger charge is 2.34. The molecule has 0 aliphatic carbocycles. The molecule has 5 atom stereocenters. The molecule has 0 radical (unpaired) electrons. The van der Waals surface area contributed by atoms with Gasteiger partial charge in [-0.1, -0.05) is 129 Å². The molecule has 6 aromatic rings. The molecule has 6 rings (SSSR count). The van der Waals surface area contributed by atoms with Crippen LogP contribution in [-0.2, 0) is 67.0 Å². The van der Waals surface area contributed by atoms with E-state index in [1.54, 1.807) is 118 Å². The van der Waals surface area contributed by atoms with Crippen molar-refractivity contribution in [3.8, 4) is 12.3 Å². The first-order valence-electron chi connectivity index (χ1n) is 33.7. The second-order valence-corrected chi connectivity index (χ2v) is 25.5. The Kier molecular flexibility index (Phi) is 33.2. The van der Waals surface area contributed by atoms with Gasteiger partial charge in [0.1, 0.15) is 30.9 Å². The average Bonchev–Trinajstić information content (AvgIpc) is 0.869. The van der Waals surface area contributed by atoms with Crippen LogP contribution in [0.15, 0.2) is 164 Å². The summed E-state index contributed by atoms with van der Waals surface area (Å²) in [6.45, 7) is 9.91. The third-order valence-corrected chi connectivity index (χ3v) is 15.6. The van der Waals surface area contributed by atoms with Gasteiger partial charge in [0, 0.05) is 71.9 Å². The highest BCUT2D eigenvalue weighted by Crippen LogP contribution is 2.23. The first-order chi connectivity index (χ1) is 47.6. The molecule has 0 saturated heterocycles. The number of carbonyl (C=O) groups is 9. The number of carbonyl (C=O) groups excluding carboxylic acids is 9. The number of nitrogens with one attached hydrogen (secondary N) is 7. The van der Waals surface area contributed by atoms with E-state index in [1.807, 2.05) is 80.6 Å². The number of aliphatic hydroxyl groups is 1. The molecule has 0 aliphatic rings. The number of aliphatic hydroxyl groups excluding tert-OH is 1. The number of terminal acetylenes is 1. The number of hydrogen-bond donors (Lipinski definition) is 8. The number of ether oxygens (including phenoxy) is 4. The largest absolute Gasteiger partial charge is 0.444 e. The average molecular weight is 1350 g/mol. The van der Waals surface area contributed by atoms with Crippen LogP contribution in [0.2, 0.25) is 0 Å². The molecule has 0 spiro atoms. The molecular weight excluding hydrogens is 1260 g/mol. The zero-order valence-electron chi connectivity index (χ0n) is 57.3. The predicted octanol–water partition coefficient (Wildman–Crippen LogP) is 9.29. The second-order valence-electron chi connectivity index (χ2n) is 25.5. The van der Waals surface area contributed by atoms with Crippen LogP contribution in [0.4, 0.5) is 16.2 Å². The zero-order chi connectivity index (χ0) is 71.4. The van der Waals surface area contributed by atoms with Gasteiger partial charge in [-0.2, -0.15) is 0 Å². The third kappa shape index (κ3) is 29.8. The Morgan fingerprint density at radius 2 is 0.949 bits per heavy atom. The van der Waals surface area contributed by atoms with E-state index in [0.29, 0.717) is 84.3 Å². The maximum atomic E-state index is 14.7. The number of amides is 7. The number of anilines is 2. The van der Waals surface area contributed by atoms with Gasteiger partial charge in [-0.15, -0.1) is 12.3 Å². The van der Waals surface area contributed by atoms with Gasteiger partial charge in [-0.3, -0.25) is 38.4 Å². The van der Waals surface area contributed by atoms with E-state index in [4.69, 9.17) is 25.4 Å². The standard InChI is InChI=1S/C78H95N7O14/c1-7-8-13-28-69(87)81-63-37-33-60(34-38-63)73(91)61-35-39-64(40-36-61)82-71(89)53-98-46-44-96-43-45-97-52-70(88)79-41-20-12-21-42-80-75(93)67(50-57-29-31-59(32-30-57)72(90)58-26-18-11-19-27-58)84-76(94)66(47-54(2)3)83-74(92)62(48-55-22-14-9-15-23-55)51-68(86)65(49-56-24-16-10-17-25-56)85-77(95)99-78(4,5)6/h1,9-11,14-19,22-27,29-40,54,62,65-68,86H,8,12-13,20-21,28,41-53H2,2-6H3,(H,79,88)(H,80,93)(H,81,87)(H,82,89)(H,83,92)(H,84,94)(H,85,95)/t62-,65+,66+,67+,68-/m1/s1. The molecule has 0 saturated carbocycles. The Hall–Kier alpha value is -9.85. The lowest BCUT2D eigenvalue weighted by atomic mass is 9.88. The molecule has 0 bridgehead atoms. The van der Waals surface area contributed by atoms with Crippen LogP contribution < -0.4 is 37.2 Å². The van der Waals surface area contributed by atoms with Crippen molar-refractivity contribution in [3.05, 3.63) is 203 Å². The summed E-state index contributed by atoms with van der Waals surface area (Å²) in [6, 6.07) is 44.4. The fourth-order valence-electron chi connectivity index (χ4n) is 10.6. The summed E-state index contributed by atoms with van der Waals surface area (Å²) in [5.41, 5.74) is 4.40. The molecule has 0 aromatic heterocycles. The first kappa shape index (κ1) is 78.1. The smallest absolute Gasteiger partial charge is 0.407 e. The predicted molar refractivity (Wildman–Crippen MR) is 379 cm³/mol. The minimum atomic E-state index is -1.23. The van der Waals surface area contributed by atoms with E-state index in [-0.39, 0.29) is 108 Å². The van der Waals surface area contributed by atoms with E-state index in [2.05, 4.69) is 43.1 Å². The van der Waals surface area contributed by atoms with Gasteiger partial charge in [0.25, 0.3) is 0 Å². The number of alkyl carbamates (subject to hydrolysis) is 1. The van der Waals surface area contributed by atoms with Crippen LogP contribution in [-0.4, -0.2) is 141 Å². The maximum Gasteiger partial charge on any atom is 0.407 e. The molecule has 7 amide bonds. The molecular formula is C78H95N7O14. The summed E-state index contributed by atoms with van der Waals surface area (Å²) in [5, 5.41) is 32.1. The molecule has 21 nitrogen and oxygen atoms in total. The summed E-state index contributed by atoms with van der Waals surface area (Å²) in [5.74, 6) is -1.25. The Morgan fingerprint density at radius 1 is 0.475 bits per heavy atom. The lowest BCUT2D eigenvalue weighted by Crippen LogP contribution is -2.56. The highest BCUT2D eigenvalue weighted by atomic mass is 16.6. The van der Waals surface area contributed by atoms with Crippen LogP contribution in [0.3, 0.4) is 0 Å². The monoisotopic (exact) mass is 1350 g/mol. The summed E-state index contributed by atoms with van der Waals surface area (Å²) >= 11 is 0. The van der Waals surface area contributed by atoms with Crippen molar-refractivity contribution in [2.24, 2.45) is 11.8 Å². The molecule has 6 aromatic carbocycles. The van der Waals surface area contributed by atoms with E-state index < -0.39 is 65.5 Å². The van der Waals surface area contributed by atoms with Crippen molar-refractivity contribution in [1.82, 2.24) is 26.6 Å². The van der Waals surface area contributed by atoms with Gasteiger partial charge >= 0.3 is 6.09 Å². The van der Waals surface area contributed by atoms with Crippen LogP contribution in [0, 0.1) is 24.2 Å². The number of hydrogen-bond acceptors (Lipinski definition) is 14. The SMILES string of the molecule is C#CCCCC(=O)Nc1ccc(C(=O)c2ccc(NC(=O)COCCOCCOCC(=O)NCCCCCNC(=O)[C@H](Cc3ccc(C(=O)c4ccccc4)cc3)NC(=O)[C@H](CC(C)C)NC(=O)[C@H](Cc3ccccc3)C[C@@H](O)[C@H](Cc3ccccc3)NC(=O)OC(C)(C)C)cc2)cc1. The molecule has 0 heterocycles. The summed E-state index contributed by atoms with van der Waals surface area (Å²) in [4.78, 5) is 120. The van der Waals surface area contributed by atoms with Gasteiger partial charge < -0.3 is 61.3 Å². The molecule has 0 unspecified atom stereocenters. The molecule has 21 heteroatoms. The van der Waals surface area contributed by atoms with Gasteiger partial charge in [0.05, 0.1) is 38.6 Å². The lowest BCUT2D eigenvalue weighted by molar-refractivity contribution is -0.134. The Labute approximate surface area is 581 Å². The van der Waals surface area contributed by atoms with Crippen molar-refractivity contribution in [3.63, 3.8) is 0 Å². The van der Waals surface area contributed by atoms with Crippen LogP contribution >= 0.6 is 0 Å². The first-order valence-corrected chi connectivity index (χ1v) is 33.7. The third-order valence-electron chi connectivity index (χ3n) is 15.6. The lowest BCUT2D eigenvalue weighted by Gasteiger charge is -2.30. The summed E-state index contributed by atoms with van der Waals surface area (Å²) in [7, 11) is 0. The topological polar surface area (TPSA) is 295 Å². The molecule has 0 fully saturated rings. The summed E-state index contributed by atoms with van der Waals surface area (Å²) in [6.07, 6.45) is 7.14. The van der Waals surface area contributed by atoms with Crippen molar-refractivity contribution in [2.75, 3.05) is 63.4 Å². The summed E-state index contributed by atoms with van der Waals surface area (Å²) < 4.78 is 22.0. The van der Waals surface area contributed by atoms with Crippen molar-refractivity contribution in [2.45, 2.75) is 135 Å². The minimum Gasteiger partial charge on any atom is -0.444 e. The van der Waals surface area contributed by atoms with Crippen molar-refractivity contribution >= 4 is 64.5 Å². The number of rotatable bonds is 42. The van der Waals surface area contributed by atoms with Gasteiger partial charge in [0.2, 0.25) is 35.4 Å². The van der Waals surface area contributed by atoms with Crippen molar-refractivity contribution < 1.29 is 67.2 Å². The van der Waals surface area contributed by atoms with E-state index in [1.165, 1.54) is 0 Å². The van der Waals surface area contributed by atoms with E-state index >= 15 is 0 Å². The van der Waals surface area contributed by atoms with Crippen molar-refractivity contribution in [1.29, 1.82) is 0 Å². The molecule has 8 N–H and O–H groups in total. The normalized spacial score (nSPS) is 12.7. The number of benzene rings is 6. The van der Waals surface area contributed by atoms with Crippen LogP contribution in [0.1, 0.15) is 135 Å². The molecule has 526 valence electrons. The zero-order valence-corrected chi connectivity index (χ0v) is 57.3. The fraction of sp³-hybridized carbons (Fsp3) is 0.397. The molecule has 99 heavy (non-hydrogen) atoms. The highest BCUT2D eigenvalue weighted by molar-refractivity contribution is 6.10. The van der Waals surface area contributed by atoms with Crippen LogP contribution in [0.25, 0.3) is 0 Å².